The van der Waals surface area contributed by atoms with Gasteiger partial charge in [-0.1, -0.05) is 30.3 Å². The highest BCUT2D eigenvalue weighted by Gasteiger charge is 2.28. The Kier molecular flexibility index (Phi) is 5.50. The zero-order valence-corrected chi connectivity index (χ0v) is 16.3. The van der Waals surface area contributed by atoms with Crippen molar-refractivity contribution in [1.29, 1.82) is 0 Å². The monoisotopic (exact) mass is 377 g/mol. The Morgan fingerprint density at radius 1 is 1.15 bits per heavy atom. The summed E-state index contributed by atoms with van der Waals surface area (Å²) in [7, 11) is 0. The molecule has 138 valence electrons. The van der Waals surface area contributed by atoms with E-state index in [9.17, 15) is 4.79 Å². The van der Waals surface area contributed by atoms with Gasteiger partial charge in [0.25, 0.3) is 0 Å². The lowest BCUT2D eigenvalue weighted by Crippen LogP contribution is -2.38. The number of rotatable bonds is 5. The lowest BCUT2D eigenvalue weighted by Gasteiger charge is -2.32. The van der Waals surface area contributed by atoms with Crippen LogP contribution < -0.4 is 0 Å². The van der Waals surface area contributed by atoms with E-state index in [1.54, 1.807) is 24.2 Å². The summed E-state index contributed by atoms with van der Waals surface area (Å²) in [4.78, 5) is 25.5. The number of benzene rings is 2. The van der Waals surface area contributed by atoms with E-state index in [-0.39, 0.29) is 11.7 Å². The molecule has 1 aliphatic rings. The van der Waals surface area contributed by atoms with Crippen LogP contribution in [0.15, 0.2) is 59.8 Å². The molecule has 1 atom stereocenters. The summed E-state index contributed by atoms with van der Waals surface area (Å²) in [6.45, 7) is 2.63. The average Bonchev–Trinajstić information content (AvgIpc) is 2.73. The van der Waals surface area contributed by atoms with Gasteiger partial charge in [-0.3, -0.25) is 19.7 Å². The SMILES string of the molecule is CSc1ccccc1C(=O)C1CCCN(Cc2cccc3nccnc23)C1. The Hall–Kier alpha value is -2.24. The highest BCUT2D eigenvalue weighted by atomic mass is 32.2. The van der Waals surface area contributed by atoms with Crippen LogP contribution in [0.3, 0.4) is 0 Å². The Labute approximate surface area is 164 Å². The van der Waals surface area contributed by atoms with Crippen molar-refractivity contribution in [1.82, 2.24) is 14.9 Å². The minimum Gasteiger partial charge on any atom is -0.298 e. The molecular formula is C22H23N3OS. The van der Waals surface area contributed by atoms with Crippen molar-refractivity contribution >= 4 is 28.6 Å². The van der Waals surface area contributed by atoms with Gasteiger partial charge in [0.15, 0.2) is 5.78 Å². The summed E-state index contributed by atoms with van der Waals surface area (Å²) in [6, 6.07) is 14.1. The molecule has 0 amide bonds. The van der Waals surface area contributed by atoms with Gasteiger partial charge >= 0.3 is 0 Å². The van der Waals surface area contributed by atoms with Crippen molar-refractivity contribution in [2.75, 3.05) is 19.3 Å². The van der Waals surface area contributed by atoms with Gasteiger partial charge in [-0.15, -0.1) is 11.8 Å². The number of thioether (sulfide) groups is 1. The summed E-state index contributed by atoms with van der Waals surface area (Å²) in [5.41, 5.74) is 3.93. The molecule has 1 aliphatic heterocycles. The number of piperidine rings is 1. The second-order valence-electron chi connectivity index (χ2n) is 6.98. The molecule has 4 rings (SSSR count). The van der Waals surface area contributed by atoms with E-state index >= 15 is 0 Å². The molecule has 0 N–H and O–H groups in total. The first kappa shape index (κ1) is 18.1. The predicted molar refractivity (Wildman–Crippen MR) is 110 cm³/mol. The highest BCUT2D eigenvalue weighted by Crippen LogP contribution is 2.28. The lowest BCUT2D eigenvalue weighted by molar-refractivity contribution is 0.0809. The van der Waals surface area contributed by atoms with Crippen LogP contribution in [0, 0.1) is 5.92 Å². The fourth-order valence-corrected chi connectivity index (χ4v) is 4.51. The van der Waals surface area contributed by atoms with Crippen molar-refractivity contribution < 1.29 is 4.79 Å². The zero-order chi connectivity index (χ0) is 18.6. The van der Waals surface area contributed by atoms with Crippen molar-refractivity contribution in [3.8, 4) is 0 Å². The van der Waals surface area contributed by atoms with E-state index in [2.05, 4.69) is 20.9 Å². The third kappa shape index (κ3) is 3.89. The van der Waals surface area contributed by atoms with E-state index in [0.717, 1.165) is 54.0 Å². The fourth-order valence-electron chi connectivity index (χ4n) is 3.90. The first-order valence-corrected chi connectivity index (χ1v) is 10.6. The third-order valence-electron chi connectivity index (χ3n) is 5.22. The van der Waals surface area contributed by atoms with Gasteiger partial charge in [0.05, 0.1) is 11.0 Å². The summed E-state index contributed by atoms with van der Waals surface area (Å²) in [5, 5.41) is 0. The summed E-state index contributed by atoms with van der Waals surface area (Å²) < 4.78 is 0. The average molecular weight is 378 g/mol. The molecule has 27 heavy (non-hydrogen) atoms. The molecular weight excluding hydrogens is 354 g/mol. The van der Waals surface area contributed by atoms with Gasteiger partial charge in [0.2, 0.25) is 0 Å². The number of carbonyl (C=O) groups is 1. The normalized spacial score (nSPS) is 17.9. The van der Waals surface area contributed by atoms with Gasteiger partial charge in [0, 0.05) is 41.9 Å². The van der Waals surface area contributed by atoms with E-state index in [4.69, 9.17) is 0 Å². The predicted octanol–water partition coefficient (Wildman–Crippen LogP) is 4.45. The maximum absolute atomic E-state index is 13.1. The molecule has 1 unspecified atom stereocenters. The molecule has 3 aromatic rings. The van der Waals surface area contributed by atoms with Gasteiger partial charge in [0.1, 0.15) is 0 Å². The zero-order valence-electron chi connectivity index (χ0n) is 15.5. The summed E-state index contributed by atoms with van der Waals surface area (Å²) in [5.74, 6) is 0.343. The molecule has 0 aliphatic carbocycles. The molecule has 1 fully saturated rings. The molecule has 0 bridgehead atoms. The summed E-state index contributed by atoms with van der Waals surface area (Å²) in [6.07, 6.45) is 7.52. The Morgan fingerprint density at radius 3 is 2.89 bits per heavy atom. The van der Waals surface area contributed by atoms with Crippen molar-refractivity contribution in [2.45, 2.75) is 24.3 Å². The number of carbonyl (C=O) groups excluding carboxylic acids is 1. The standard InChI is InChI=1S/C22H23N3OS/c1-27-20-10-3-2-8-18(20)22(26)17-7-5-13-25(15-17)14-16-6-4-9-19-21(16)24-12-11-23-19/h2-4,6,8-12,17H,5,7,13-15H2,1H3. The smallest absolute Gasteiger partial charge is 0.168 e. The number of hydrogen-bond donors (Lipinski definition) is 0. The van der Waals surface area contributed by atoms with E-state index in [1.807, 2.05) is 42.7 Å². The Bertz CT molecular complexity index is 954. The van der Waals surface area contributed by atoms with Crippen LogP contribution in [-0.2, 0) is 6.54 Å². The maximum Gasteiger partial charge on any atom is 0.168 e. The molecule has 2 heterocycles. The number of aromatic nitrogens is 2. The van der Waals surface area contributed by atoms with Gasteiger partial charge in [-0.05, 0) is 43.3 Å². The van der Waals surface area contributed by atoms with E-state index in [0.29, 0.717) is 0 Å². The van der Waals surface area contributed by atoms with Crippen LogP contribution in [0.4, 0.5) is 0 Å². The van der Waals surface area contributed by atoms with Gasteiger partial charge in [-0.25, -0.2) is 0 Å². The van der Waals surface area contributed by atoms with Crippen molar-refractivity contribution in [3.63, 3.8) is 0 Å². The van der Waals surface area contributed by atoms with Crippen molar-refractivity contribution in [2.24, 2.45) is 5.92 Å². The molecule has 0 radical (unpaired) electrons. The van der Waals surface area contributed by atoms with Gasteiger partial charge < -0.3 is 0 Å². The first-order chi connectivity index (χ1) is 13.3. The molecule has 1 saturated heterocycles. The van der Waals surface area contributed by atoms with Crippen LogP contribution >= 0.6 is 11.8 Å². The minimum atomic E-state index is 0.0631. The maximum atomic E-state index is 13.1. The van der Waals surface area contributed by atoms with Crippen LogP contribution in [0.2, 0.25) is 0 Å². The Balaban J connectivity index is 1.52. The second kappa shape index (κ2) is 8.19. The van der Waals surface area contributed by atoms with Crippen LogP contribution in [0.5, 0.6) is 0 Å². The van der Waals surface area contributed by atoms with Crippen LogP contribution in [0.25, 0.3) is 11.0 Å². The number of likely N-dealkylation sites (tertiary alicyclic amines) is 1. The first-order valence-electron chi connectivity index (χ1n) is 9.34. The fraction of sp³-hybridized carbons (Fsp3) is 0.318. The van der Waals surface area contributed by atoms with Gasteiger partial charge in [-0.2, -0.15) is 0 Å². The summed E-state index contributed by atoms with van der Waals surface area (Å²) >= 11 is 1.64. The van der Waals surface area contributed by atoms with Crippen LogP contribution in [0.1, 0.15) is 28.8 Å². The molecule has 0 spiro atoms. The molecule has 5 heteroatoms. The number of ketones is 1. The third-order valence-corrected chi connectivity index (χ3v) is 6.02. The largest absolute Gasteiger partial charge is 0.298 e. The second-order valence-corrected chi connectivity index (χ2v) is 7.83. The van der Waals surface area contributed by atoms with E-state index < -0.39 is 0 Å². The Morgan fingerprint density at radius 2 is 2.00 bits per heavy atom. The number of para-hydroxylation sites is 1. The number of fused-ring (bicyclic) bond motifs is 1. The molecule has 4 nitrogen and oxygen atoms in total. The van der Waals surface area contributed by atoms with Crippen LogP contribution in [-0.4, -0.2) is 40.0 Å². The van der Waals surface area contributed by atoms with E-state index in [1.165, 1.54) is 5.56 Å². The molecule has 0 saturated carbocycles. The lowest BCUT2D eigenvalue weighted by atomic mass is 9.89. The van der Waals surface area contributed by atoms with Crippen molar-refractivity contribution in [3.05, 3.63) is 66.0 Å². The minimum absolute atomic E-state index is 0.0631. The highest BCUT2D eigenvalue weighted by molar-refractivity contribution is 7.98. The number of nitrogens with zero attached hydrogens (tertiary/aromatic N) is 3. The number of Topliss-reactive ketones (excluding diaryl/α,β-unsaturated/α-hetero) is 1. The molecule has 1 aromatic heterocycles. The molecule has 2 aromatic carbocycles. The topological polar surface area (TPSA) is 46.1 Å². The number of hydrogen-bond acceptors (Lipinski definition) is 5. The quantitative estimate of drug-likeness (QED) is 0.486.